The van der Waals surface area contributed by atoms with Crippen molar-refractivity contribution in [3.05, 3.63) is 48.0 Å². The Morgan fingerprint density at radius 2 is 1.78 bits per heavy atom. The fourth-order valence-corrected chi connectivity index (χ4v) is 5.44. The van der Waals surface area contributed by atoms with E-state index in [0.717, 1.165) is 36.5 Å². The largest absolute Gasteiger partial charge is 0.368 e. The zero-order valence-corrected chi connectivity index (χ0v) is 18.9. The van der Waals surface area contributed by atoms with Crippen LogP contribution in [0.4, 0.5) is 0 Å². The molecule has 4 atom stereocenters. The van der Waals surface area contributed by atoms with E-state index >= 15 is 0 Å². The molecule has 6 heteroatoms. The molecule has 3 N–H and O–H groups in total. The van der Waals surface area contributed by atoms with Gasteiger partial charge >= 0.3 is 0 Å². The molecule has 2 aromatic carbocycles. The molecule has 0 aromatic heterocycles. The van der Waals surface area contributed by atoms with Crippen molar-refractivity contribution in [1.82, 2.24) is 10.2 Å². The molecule has 0 radical (unpaired) electrons. The molecular formula is C26H33N3O3. The predicted octanol–water partition coefficient (Wildman–Crippen LogP) is 3.63. The summed E-state index contributed by atoms with van der Waals surface area (Å²) in [6.07, 6.45) is 5.27. The van der Waals surface area contributed by atoms with Crippen molar-refractivity contribution in [3.8, 4) is 0 Å². The number of primary amides is 1. The summed E-state index contributed by atoms with van der Waals surface area (Å²) in [6, 6.07) is 12.4. The zero-order valence-electron chi connectivity index (χ0n) is 18.9. The third kappa shape index (κ3) is 4.50. The van der Waals surface area contributed by atoms with Gasteiger partial charge in [-0.1, -0.05) is 57.0 Å². The number of nitrogens with zero attached hydrogens (tertiary/aromatic N) is 1. The number of rotatable bonds is 6. The second-order valence-electron chi connectivity index (χ2n) is 9.73. The molecule has 1 saturated heterocycles. The van der Waals surface area contributed by atoms with Gasteiger partial charge in [0.15, 0.2) is 0 Å². The predicted molar refractivity (Wildman–Crippen MR) is 125 cm³/mol. The Morgan fingerprint density at radius 3 is 2.50 bits per heavy atom. The fourth-order valence-electron chi connectivity index (χ4n) is 5.44. The van der Waals surface area contributed by atoms with Gasteiger partial charge in [0.1, 0.15) is 12.1 Å². The van der Waals surface area contributed by atoms with Crippen molar-refractivity contribution >= 4 is 28.5 Å². The first-order valence-electron chi connectivity index (χ1n) is 11.8. The third-order valence-electron chi connectivity index (χ3n) is 6.99. The van der Waals surface area contributed by atoms with Crippen molar-refractivity contribution < 1.29 is 14.4 Å². The normalized spacial score (nSPS) is 23.7. The van der Waals surface area contributed by atoms with Crippen LogP contribution in [0.3, 0.4) is 0 Å². The number of hydrogen-bond acceptors (Lipinski definition) is 3. The zero-order chi connectivity index (χ0) is 22.8. The van der Waals surface area contributed by atoms with Gasteiger partial charge in [0.2, 0.25) is 11.8 Å². The average Bonchev–Trinajstić information content (AvgIpc) is 3.17. The van der Waals surface area contributed by atoms with Crippen molar-refractivity contribution in [2.75, 3.05) is 0 Å². The molecule has 2 aromatic rings. The Bertz CT molecular complexity index is 1020. The molecule has 2 aliphatic rings. The van der Waals surface area contributed by atoms with Crippen molar-refractivity contribution in [3.63, 3.8) is 0 Å². The molecule has 1 aliphatic carbocycles. The third-order valence-corrected chi connectivity index (χ3v) is 6.99. The van der Waals surface area contributed by atoms with Crippen molar-refractivity contribution in [2.24, 2.45) is 17.6 Å². The number of carbonyl (C=O) groups is 3. The molecule has 1 heterocycles. The summed E-state index contributed by atoms with van der Waals surface area (Å²) in [5.74, 6) is -0.368. The molecule has 2 fully saturated rings. The highest BCUT2D eigenvalue weighted by atomic mass is 16.2. The molecule has 1 aliphatic heterocycles. The van der Waals surface area contributed by atoms with Gasteiger partial charge in [0.05, 0.1) is 0 Å². The van der Waals surface area contributed by atoms with Gasteiger partial charge in [-0.15, -0.1) is 0 Å². The van der Waals surface area contributed by atoms with Crippen LogP contribution in [0.15, 0.2) is 42.5 Å². The fraction of sp³-hybridized carbons (Fsp3) is 0.500. The Kier molecular flexibility index (Phi) is 6.49. The number of nitrogens with two attached hydrogens (primary N) is 1. The van der Waals surface area contributed by atoms with E-state index in [1.807, 2.05) is 56.3 Å². The van der Waals surface area contributed by atoms with E-state index in [9.17, 15) is 14.4 Å². The van der Waals surface area contributed by atoms with Crippen LogP contribution in [0.1, 0.15) is 62.7 Å². The molecule has 1 saturated carbocycles. The summed E-state index contributed by atoms with van der Waals surface area (Å²) >= 11 is 0. The maximum absolute atomic E-state index is 13.7. The lowest BCUT2D eigenvalue weighted by molar-refractivity contribution is -0.130. The van der Waals surface area contributed by atoms with Crippen LogP contribution in [0.25, 0.3) is 10.8 Å². The maximum Gasteiger partial charge on any atom is 0.254 e. The van der Waals surface area contributed by atoms with Gasteiger partial charge in [0.25, 0.3) is 5.91 Å². The van der Waals surface area contributed by atoms with Crippen LogP contribution in [-0.2, 0) is 9.59 Å². The number of fused-ring (bicyclic) bond motifs is 2. The van der Waals surface area contributed by atoms with Crippen LogP contribution < -0.4 is 11.1 Å². The second-order valence-corrected chi connectivity index (χ2v) is 9.73. The summed E-state index contributed by atoms with van der Waals surface area (Å²) in [6.45, 7) is 3.98. The first kappa shape index (κ1) is 22.3. The topological polar surface area (TPSA) is 92.5 Å². The molecule has 1 unspecified atom stereocenters. The van der Waals surface area contributed by atoms with E-state index in [-0.39, 0.29) is 23.8 Å². The Morgan fingerprint density at radius 1 is 1.06 bits per heavy atom. The first-order valence-corrected chi connectivity index (χ1v) is 11.8. The summed E-state index contributed by atoms with van der Waals surface area (Å²) in [7, 11) is 0. The smallest absolute Gasteiger partial charge is 0.254 e. The minimum atomic E-state index is -0.720. The number of likely N-dealkylation sites (tertiary alicyclic amines) is 1. The number of amides is 3. The maximum atomic E-state index is 13.7. The lowest BCUT2D eigenvalue weighted by Gasteiger charge is -2.34. The van der Waals surface area contributed by atoms with E-state index in [0.29, 0.717) is 24.3 Å². The Hall–Kier alpha value is -2.89. The molecule has 4 rings (SSSR count). The number of benzene rings is 2. The van der Waals surface area contributed by atoms with E-state index in [2.05, 4.69) is 5.32 Å². The van der Waals surface area contributed by atoms with Gasteiger partial charge in [-0.2, -0.15) is 0 Å². The standard InChI is InChI=1S/C26H33N3O3/c1-16(2)13-21(24(27)30)28-25(31)23-15-19-9-5-6-10-22(19)29(23)26(32)20-12-11-17-7-3-4-8-18(17)14-20/h3-4,7-8,11-12,14,16,19,21-23H,5-6,9-10,13,15H2,1-2H3,(H2,27,30)(H,28,31)/t19-,21?,22-,23-/m0/s1. The molecule has 6 nitrogen and oxygen atoms in total. The average molecular weight is 436 g/mol. The first-order chi connectivity index (χ1) is 15.3. The minimum Gasteiger partial charge on any atom is -0.368 e. The van der Waals surface area contributed by atoms with E-state index in [4.69, 9.17) is 5.73 Å². The molecule has 0 bridgehead atoms. The van der Waals surface area contributed by atoms with Gasteiger partial charge in [-0.05, 0) is 60.4 Å². The minimum absolute atomic E-state index is 0.0654. The van der Waals surface area contributed by atoms with Crippen LogP contribution in [-0.4, -0.2) is 40.7 Å². The van der Waals surface area contributed by atoms with Crippen LogP contribution in [0.5, 0.6) is 0 Å². The van der Waals surface area contributed by atoms with Crippen molar-refractivity contribution in [1.29, 1.82) is 0 Å². The highest BCUT2D eigenvalue weighted by Gasteiger charge is 2.48. The van der Waals surface area contributed by atoms with Crippen LogP contribution in [0, 0.1) is 11.8 Å². The highest BCUT2D eigenvalue weighted by Crippen LogP contribution is 2.40. The highest BCUT2D eigenvalue weighted by molar-refractivity contribution is 6.01. The quantitative estimate of drug-likeness (QED) is 0.726. The van der Waals surface area contributed by atoms with E-state index < -0.39 is 18.0 Å². The van der Waals surface area contributed by atoms with Crippen LogP contribution >= 0.6 is 0 Å². The van der Waals surface area contributed by atoms with E-state index in [1.54, 1.807) is 4.90 Å². The van der Waals surface area contributed by atoms with Gasteiger partial charge in [-0.3, -0.25) is 14.4 Å². The number of carbonyl (C=O) groups excluding carboxylic acids is 3. The molecule has 32 heavy (non-hydrogen) atoms. The lowest BCUT2D eigenvalue weighted by Crippen LogP contribution is -2.54. The summed E-state index contributed by atoms with van der Waals surface area (Å²) < 4.78 is 0. The van der Waals surface area contributed by atoms with Crippen molar-refractivity contribution in [2.45, 2.75) is 70.5 Å². The SMILES string of the molecule is CC(C)CC(NC(=O)[C@@H]1C[C@@H]2CCCC[C@@H]2N1C(=O)c1ccc2ccccc2c1)C(N)=O. The monoisotopic (exact) mass is 435 g/mol. The molecule has 0 spiro atoms. The summed E-state index contributed by atoms with van der Waals surface area (Å²) in [5.41, 5.74) is 6.15. The summed E-state index contributed by atoms with van der Waals surface area (Å²) in [4.78, 5) is 40.8. The molecule has 3 amide bonds. The van der Waals surface area contributed by atoms with Gasteiger partial charge in [-0.25, -0.2) is 0 Å². The van der Waals surface area contributed by atoms with Gasteiger partial charge < -0.3 is 16.0 Å². The second kappa shape index (κ2) is 9.31. The number of nitrogens with one attached hydrogen (secondary N) is 1. The lowest BCUT2D eigenvalue weighted by atomic mass is 9.84. The Balaban J connectivity index is 1.62. The molecular weight excluding hydrogens is 402 g/mol. The summed E-state index contributed by atoms with van der Waals surface area (Å²) in [5, 5.41) is 4.94. The Labute approximate surface area is 189 Å². The molecule has 170 valence electrons. The number of hydrogen-bond donors (Lipinski definition) is 2. The van der Waals surface area contributed by atoms with Gasteiger partial charge in [0, 0.05) is 11.6 Å². The van der Waals surface area contributed by atoms with Crippen LogP contribution in [0.2, 0.25) is 0 Å². The van der Waals surface area contributed by atoms with E-state index in [1.165, 1.54) is 0 Å².